The molecular weight excluding hydrogens is 897 g/mol. The molecule has 0 spiro atoms. The SMILES string of the molecule is C1CCC([Si]23O[Si]4(C5CCCC5)O[Si]5(C6CCCC6)O[Si](C6CCCC6)(O2)O[Si]2(C6CCCC6)O[Si](C6CCCC6)(O3)O[Si](C3CCCC3)(O4)O[Si](C3CCCC3)(O5)O2)C1. The Kier molecular flexibility index (Phi) is 10.6. The summed E-state index contributed by atoms with van der Waals surface area (Å²) in [7, 11) is -30.8. The van der Waals surface area contributed by atoms with Gasteiger partial charge in [-0.05, 0) is 103 Å². The van der Waals surface area contributed by atoms with Crippen LogP contribution in [0, 0.1) is 0 Å². The van der Waals surface area contributed by atoms with Gasteiger partial charge in [0.25, 0.3) is 0 Å². The zero-order valence-corrected chi connectivity index (χ0v) is 44.1. The maximum Gasteiger partial charge on any atom is 0.482 e. The van der Waals surface area contributed by atoms with Crippen molar-refractivity contribution in [1.29, 1.82) is 0 Å². The van der Waals surface area contributed by atoms with E-state index in [1.807, 2.05) is 0 Å². The molecule has 60 heavy (non-hydrogen) atoms. The lowest BCUT2D eigenvalue weighted by Crippen LogP contribution is -2.91. The highest BCUT2D eigenvalue weighted by molar-refractivity contribution is 7.04. The molecule has 20 heteroatoms. The quantitative estimate of drug-likeness (QED) is 0.216. The summed E-state index contributed by atoms with van der Waals surface area (Å²) in [6.45, 7) is 0. The first-order valence-electron chi connectivity index (χ1n) is 25.7. The molecule has 0 atom stereocenters. The Bertz CT molecular complexity index is 1190. The molecule has 0 aromatic carbocycles. The second-order valence-electron chi connectivity index (χ2n) is 21.9. The van der Waals surface area contributed by atoms with Crippen LogP contribution in [0.4, 0.5) is 0 Å². The highest BCUT2D eigenvalue weighted by Crippen LogP contribution is 2.67. The standard InChI is InChI=1S/C40H72O12Si8/c1-2-18-33(17-1)53-41-54(34-19-3-4-20-34)44-57(37-25-9-10-26-37)46-55(42-53,35-21-5-6-22-35)48-59(39-29-13-14-30-39)49-56(43-53,36-23-7-8-24-36)47-58(45-54,38-27-11-12-28-38)51-60(50-57,52-59)40-31-15-16-32-40/h33-40H,1-32H2. The minimum atomic E-state index is -3.86. The Labute approximate surface area is 367 Å². The van der Waals surface area contributed by atoms with Gasteiger partial charge in [0.1, 0.15) is 0 Å². The van der Waals surface area contributed by atoms with Crippen LogP contribution in [0.2, 0.25) is 44.3 Å². The minimum Gasteiger partial charge on any atom is -0.373 e. The first-order chi connectivity index (χ1) is 29.3. The van der Waals surface area contributed by atoms with E-state index in [0.717, 1.165) is 205 Å². The van der Waals surface area contributed by atoms with Gasteiger partial charge in [-0.25, -0.2) is 0 Å². The van der Waals surface area contributed by atoms with Crippen LogP contribution in [-0.4, -0.2) is 70.4 Å². The fourth-order valence-electron chi connectivity index (χ4n) is 15.1. The molecule has 14 fully saturated rings. The monoisotopic (exact) mass is 968 g/mol. The van der Waals surface area contributed by atoms with Crippen molar-refractivity contribution >= 4 is 70.4 Å². The zero-order chi connectivity index (χ0) is 39.7. The summed E-state index contributed by atoms with van der Waals surface area (Å²) in [5.41, 5.74) is 0.789. The van der Waals surface area contributed by atoms with Gasteiger partial charge in [-0.15, -0.1) is 0 Å². The number of hydrogen-bond donors (Lipinski definition) is 0. The van der Waals surface area contributed by atoms with Gasteiger partial charge in [-0.1, -0.05) is 103 Å². The van der Waals surface area contributed by atoms with Crippen molar-refractivity contribution in [2.45, 2.75) is 250 Å². The van der Waals surface area contributed by atoms with Crippen molar-refractivity contribution < 1.29 is 49.4 Å². The molecule has 0 aromatic rings. The Balaban J connectivity index is 1.14. The maximum absolute atomic E-state index is 8.49. The van der Waals surface area contributed by atoms with Gasteiger partial charge in [-0.2, -0.15) is 0 Å². The summed E-state index contributed by atoms with van der Waals surface area (Å²) >= 11 is 0. The summed E-state index contributed by atoms with van der Waals surface area (Å²) in [5, 5.41) is 0. The summed E-state index contributed by atoms with van der Waals surface area (Å²) in [6.07, 6.45) is 34.4. The largest absolute Gasteiger partial charge is 0.482 e. The van der Waals surface area contributed by atoms with Crippen molar-refractivity contribution in [3.05, 3.63) is 0 Å². The highest BCUT2D eigenvalue weighted by Gasteiger charge is 2.89. The lowest BCUT2D eigenvalue weighted by Gasteiger charge is -2.67. The lowest BCUT2D eigenvalue weighted by molar-refractivity contribution is -0.0478. The third-order valence-corrected chi connectivity index (χ3v) is 58.2. The van der Waals surface area contributed by atoms with Crippen LogP contribution in [0.15, 0.2) is 0 Å². The van der Waals surface area contributed by atoms with Gasteiger partial charge in [-0.3, -0.25) is 0 Å². The van der Waals surface area contributed by atoms with Crippen molar-refractivity contribution in [1.82, 2.24) is 0 Å². The molecule has 12 nitrogen and oxygen atoms in total. The number of rotatable bonds is 8. The summed E-state index contributed by atoms with van der Waals surface area (Å²) < 4.78 is 102. The molecular formula is C40H72O12Si8. The predicted molar refractivity (Wildman–Crippen MR) is 237 cm³/mol. The topological polar surface area (TPSA) is 111 Å². The van der Waals surface area contributed by atoms with Gasteiger partial charge in [0.05, 0.1) is 0 Å². The molecule has 336 valence electrons. The van der Waals surface area contributed by atoms with Crippen molar-refractivity contribution in [2.75, 3.05) is 0 Å². The van der Waals surface area contributed by atoms with Gasteiger partial charge >= 0.3 is 70.4 Å². The third-order valence-electron chi connectivity index (χ3n) is 18.3. The molecule has 14 rings (SSSR count). The first-order valence-corrected chi connectivity index (χ1v) is 40.2. The minimum absolute atomic E-state index is 0.0986. The molecule has 6 saturated heterocycles. The van der Waals surface area contributed by atoms with Gasteiger partial charge in [0.2, 0.25) is 0 Å². The van der Waals surface area contributed by atoms with Crippen LogP contribution >= 0.6 is 0 Å². The van der Waals surface area contributed by atoms with E-state index in [2.05, 4.69) is 0 Å². The predicted octanol–water partition coefficient (Wildman–Crippen LogP) is 11.3. The highest BCUT2D eigenvalue weighted by atomic mass is 28.6. The Morgan fingerprint density at radius 1 is 0.150 bits per heavy atom. The normalized spacial score (nSPS) is 50.4. The number of hydrogen-bond acceptors (Lipinski definition) is 12. The van der Waals surface area contributed by atoms with Crippen LogP contribution in [0.3, 0.4) is 0 Å². The van der Waals surface area contributed by atoms with Gasteiger partial charge < -0.3 is 49.4 Å². The van der Waals surface area contributed by atoms with Gasteiger partial charge in [0.15, 0.2) is 0 Å². The van der Waals surface area contributed by atoms with E-state index in [1.54, 1.807) is 0 Å². The molecule has 14 aliphatic rings. The average Bonchev–Trinajstić information content (AvgIpc) is 4.07. The zero-order valence-electron chi connectivity index (χ0n) is 36.1. The Morgan fingerprint density at radius 2 is 0.233 bits per heavy atom. The van der Waals surface area contributed by atoms with Gasteiger partial charge in [0, 0.05) is 44.3 Å². The van der Waals surface area contributed by atoms with Crippen molar-refractivity contribution in [3.63, 3.8) is 0 Å². The van der Waals surface area contributed by atoms with E-state index in [4.69, 9.17) is 49.4 Å². The molecule has 6 heterocycles. The second-order valence-corrected chi connectivity index (χ2v) is 47.9. The first kappa shape index (κ1) is 41.4. The third kappa shape index (κ3) is 6.40. The van der Waals surface area contributed by atoms with E-state index in [-0.39, 0.29) is 44.3 Å². The van der Waals surface area contributed by atoms with E-state index >= 15 is 0 Å². The Hall–Kier alpha value is 1.26. The molecule has 0 aromatic heterocycles. The fourth-order valence-corrected chi connectivity index (χ4v) is 72.1. The molecule has 8 aliphatic carbocycles. The van der Waals surface area contributed by atoms with E-state index < -0.39 is 70.4 Å². The molecule has 0 N–H and O–H groups in total. The van der Waals surface area contributed by atoms with Crippen molar-refractivity contribution in [2.24, 2.45) is 0 Å². The van der Waals surface area contributed by atoms with E-state index in [1.165, 1.54) is 0 Å². The molecule has 6 aliphatic heterocycles. The van der Waals surface area contributed by atoms with Crippen LogP contribution in [0.5, 0.6) is 0 Å². The molecule has 0 amide bonds. The fraction of sp³-hybridized carbons (Fsp3) is 1.00. The summed E-state index contributed by atoms with van der Waals surface area (Å²) in [4.78, 5) is 0. The summed E-state index contributed by atoms with van der Waals surface area (Å²) in [6, 6.07) is 0. The van der Waals surface area contributed by atoms with Crippen molar-refractivity contribution in [3.8, 4) is 0 Å². The smallest absolute Gasteiger partial charge is 0.373 e. The maximum atomic E-state index is 8.49. The van der Waals surface area contributed by atoms with Crippen LogP contribution < -0.4 is 0 Å². The molecule has 8 saturated carbocycles. The lowest BCUT2D eigenvalue weighted by atomic mass is 10.4. The van der Waals surface area contributed by atoms with E-state index in [9.17, 15) is 0 Å². The van der Waals surface area contributed by atoms with Crippen LogP contribution in [0.25, 0.3) is 0 Å². The molecule has 8 bridgehead atoms. The van der Waals surface area contributed by atoms with Crippen LogP contribution in [0.1, 0.15) is 205 Å². The second kappa shape index (κ2) is 15.4. The summed E-state index contributed by atoms with van der Waals surface area (Å²) in [5.74, 6) is 0. The molecule has 0 radical (unpaired) electrons. The van der Waals surface area contributed by atoms with E-state index in [0.29, 0.717) is 0 Å². The van der Waals surface area contributed by atoms with Crippen LogP contribution in [-0.2, 0) is 49.4 Å². The molecule has 0 unspecified atom stereocenters. The average molecular weight is 970 g/mol. The Morgan fingerprint density at radius 3 is 0.317 bits per heavy atom.